The Morgan fingerprint density at radius 1 is 1.29 bits per heavy atom. The monoisotopic (exact) mass is 247 g/mol. The molecular formula is C12H13F4N. The Morgan fingerprint density at radius 2 is 2.06 bits per heavy atom. The van der Waals surface area contributed by atoms with E-state index in [2.05, 4.69) is 5.32 Å². The highest BCUT2D eigenvalue weighted by molar-refractivity contribution is 5.27. The first kappa shape index (κ1) is 12.4. The second kappa shape index (κ2) is 5.04. The molecule has 1 aromatic carbocycles. The van der Waals surface area contributed by atoms with Crippen LogP contribution in [0.5, 0.6) is 0 Å². The van der Waals surface area contributed by atoms with Crippen molar-refractivity contribution < 1.29 is 17.6 Å². The summed E-state index contributed by atoms with van der Waals surface area (Å²) in [6.45, 7) is 1.56. The molecule has 5 heteroatoms. The van der Waals surface area contributed by atoms with Crippen molar-refractivity contribution in [3.8, 4) is 0 Å². The predicted octanol–water partition coefficient (Wildman–Crippen LogP) is 3.05. The second-order valence-electron chi connectivity index (χ2n) is 4.34. The van der Waals surface area contributed by atoms with Crippen LogP contribution in [-0.4, -0.2) is 13.1 Å². The van der Waals surface area contributed by atoms with Gasteiger partial charge in [0.15, 0.2) is 11.6 Å². The minimum Gasteiger partial charge on any atom is -0.316 e. The fourth-order valence-corrected chi connectivity index (χ4v) is 2.14. The van der Waals surface area contributed by atoms with Gasteiger partial charge in [-0.1, -0.05) is 0 Å². The van der Waals surface area contributed by atoms with Crippen molar-refractivity contribution in [3.05, 3.63) is 34.9 Å². The zero-order valence-corrected chi connectivity index (χ0v) is 9.15. The normalized spacial score (nSPS) is 20.2. The SMILES string of the molecule is Fc1cc(C(F)F)cc(CC2CCNC2)c1F. The van der Waals surface area contributed by atoms with Crippen LogP contribution in [0, 0.1) is 17.6 Å². The van der Waals surface area contributed by atoms with Crippen LogP contribution in [0.3, 0.4) is 0 Å². The van der Waals surface area contributed by atoms with E-state index in [1.165, 1.54) is 0 Å². The number of nitrogens with one attached hydrogen (secondary N) is 1. The molecule has 1 atom stereocenters. The molecule has 94 valence electrons. The van der Waals surface area contributed by atoms with Gasteiger partial charge in [-0.2, -0.15) is 0 Å². The topological polar surface area (TPSA) is 12.0 Å². The average Bonchev–Trinajstić information content (AvgIpc) is 2.77. The smallest absolute Gasteiger partial charge is 0.263 e. The fourth-order valence-electron chi connectivity index (χ4n) is 2.14. The Hall–Kier alpha value is -1.10. The van der Waals surface area contributed by atoms with E-state index < -0.39 is 23.6 Å². The van der Waals surface area contributed by atoms with Crippen LogP contribution < -0.4 is 5.32 Å². The zero-order valence-electron chi connectivity index (χ0n) is 9.15. The summed E-state index contributed by atoms with van der Waals surface area (Å²) in [5.41, 5.74) is -0.404. The van der Waals surface area contributed by atoms with Crippen LogP contribution in [0.4, 0.5) is 17.6 Å². The highest BCUT2D eigenvalue weighted by Gasteiger charge is 2.20. The van der Waals surface area contributed by atoms with E-state index in [-0.39, 0.29) is 11.5 Å². The van der Waals surface area contributed by atoms with E-state index in [4.69, 9.17) is 0 Å². The second-order valence-corrected chi connectivity index (χ2v) is 4.34. The zero-order chi connectivity index (χ0) is 12.4. The summed E-state index contributed by atoms with van der Waals surface area (Å²) in [7, 11) is 0. The molecule has 0 amide bonds. The van der Waals surface area contributed by atoms with Gasteiger partial charge in [-0.25, -0.2) is 17.6 Å². The van der Waals surface area contributed by atoms with Gasteiger partial charge >= 0.3 is 0 Å². The predicted molar refractivity (Wildman–Crippen MR) is 56.0 cm³/mol. The molecule has 1 fully saturated rings. The molecule has 1 heterocycles. The summed E-state index contributed by atoms with van der Waals surface area (Å²) in [4.78, 5) is 0. The Kier molecular flexibility index (Phi) is 3.66. The van der Waals surface area contributed by atoms with Gasteiger partial charge in [-0.15, -0.1) is 0 Å². The first-order valence-electron chi connectivity index (χ1n) is 5.54. The highest BCUT2D eigenvalue weighted by Crippen LogP contribution is 2.26. The van der Waals surface area contributed by atoms with Gasteiger partial charge in [0, 0.05) is 5.56 Å². The van der Waals surface area contributed by atoms with E-state index in [0.717, 1.165) is 25.6 Å². The van der Waals surface area contributed by atoms with E-state index in [1.807, 2.05) is 0 Å². The summed E-state index contributed by atoms with van der Waals surface area (Å²) in [6, 6.07) is 1.64. The van der Waals surface area contributed by atoms with Gasteiger partial charge < -0.3 is 5.32 Å². The molecule has 2 rings (SSSR count). The molecule has 0 aliphatic carbocycles. The lowest BCUT2D eigenvalue weighted by molar-refractivity contribution is 0.150. The molecule has 1 unspecified atom stereocenters. The maximum Gasteiger partial charge on any atom is 0.263 e. The number of benzene rings is 1. The van der Waals surface area contributed by atoms with Crippen molar-refractivity contribution >= 4 is 0 Å². The Balaban J connectivity index is 2.24. The van der Waals surface area contributed by atoms with Crippen molar-refractivity contribution in [1.29, 1.82) is 0 Å². The van der Waals surface area contributed by atoms with E-state index >= 15 is 0 Å². The van der Waals surface area contributed by atoms with Gasteiger partial charge in [-0.05, 0) is 49.5 Å². The van der Waals surface area contributed by atoms with Gasteiger partial charge in [0.25, 0.3) is 6.43 Å². The summed E-state index contributed by atoms with van der Waals surface area (Å²) in [5, 5.41) is 3.10. The van der Waals surface area contributed by atoms with Crippen LogP contribution >= 0.6 is 0 Å². The standard InChI is InChI=1S/C12H13F4N/c13-10-5-9(12(15)16)4-8(11(10)14)3-7-1-2-17-6-7/h4-5,7,12,17H,1-3,6H2. The lowest BCUT2D eigenvalue weighted by Gasteiger charge is -2.11. The summed E-state index contributed by atoms with van der Waals surface area (Å²) < 4.78 is 51.5. The van der Waals surface area contributed by atoms with Crippen LogP contribution in [0.25, 0.3) is 0 Å². The number of hydrogen-bond acceptors (Lipinski definition) is 1. The number of hydrogen-bond donors (Lipinski definition) is 1. The molecule has 1 aliphatic rings. The van der Waals surface area contributed by atoms with E-state index in [9.17, 15) is 17.6 Å². The van der Waals surface area contributed by atoms with Crippen molar-refractivity contribution in [1.82, 2.24) is 5.32 Å². The molecule has 1 aromatic rings. The van der Waals surface area contributed by atoms with Gasteiger partial charge in [0.2, 0.25) is 0 Å². The molecule has 0 saturated carbocycles. The quantitative estimate of drug-likeness (QED) is 0.809. The first-order valence-corrected chi connectivity index (χ1v) is 5.54. The molecule has 1 saturated heterocycles. The highest BCUT2D eigenvalue weighted by atomic mass is 19.3. The maximum absolute atomic E-state index is 13.5. The fraction of sp³-hybridized carbons (Fsp3) is 0.500. The Morgan fingerprint density at radius 3 is 2.65 bits per heavy atom. The lowest BCUT2D eigenvalue weighted by atomic mass is 9.97. The lowest BCUT2D eigenvalue weighted by Crippen LogP contribution is -2.12. The van der Waals surface area contributed by atoms with Crippen LogP contribution in [0.15, 0.2) is 12.1 Å². The molecule has 1 nitrogen and oxygen atoms in total. The van der Waals surface area contributed by atoms with Gasteiger partial charge in [-0.3, -0.25) is 0 Å². The van der Waals surface area contributed by atoms with Gasteiger partial charge in [0.05, 0.1) is 0 Å². The Bertz CT molecular complexity index is 400. The van der Waals surface area contributed by atoms with Crippen molar-refractivity contribution in [2.45, 2.75) is 19.3 Å². The molecule has 0 spiro atoms. The third-order valence-electron chi connectivity index (χ3n) is 3.05. The summed E-state index contributed by atoms with van der Waals surface area (Å²) >= 11 is 0. The minimum absolute atomic E-state index is 0.0500. The van der Waals surface area contributed by atoms with Crippen molar-refractivity contribution in [2.75, 3.05) is 13.1 Å². The first-order chi connectivity index (χ1) is 8.08. The third-order valence-corrected chi connectivity index (χ3v) is 3.05. The summed E-state index contributed by atoms with van der Waals surface area (Å²) in [5.74, 6) is -2.00. The molecule has 0 bridgehead atoms. The third kappa shape index (κ3) is 2.77. The summed E-state index contributed by atoms with van der Waals surface area (Å²) in [6.07, 6.45) is -1.61. The van der Waals surface area contributed by atoms with Crippen molar-refractivity contribution in [2.24, 2.45) is 5.92 Å². The molecule has 1 N–H and O–H groups in total. The van der Waals surface area contributed by atoms with E-state index in [1.54, 1.807) is 0 Å². The largest absolute Gasteiger partial charge is 0.316 e. The van der Waals surface area contributed by atoms with Crippen molar-refractivity contribution in [3.63, 3.8) is 0 Å². The van der Waals surface area contributed by atoms with E-state index in [0.29, 0.717) is 12.5 Å². The maximum atomic E-state index is 13.5. The molecular weight excluding hydrogens is 234 g/mol. The number of rotatable bonds is 3. The molecule has 0 aromatic heterocycles. The number of halogens is 4. The molecule has 1 aliphatic heterocycles. The number of alkyl halides is 2. The minimum atomic E-state index is -2.77. The average molecular weight is 247 g/mol. The molecule has 17 heavy (non-hydrogen) atoms. The Labute approximate surface area is 96.8 Å². The van der Waals surface area contributed by atoms with Gasteiger partial charge in [0.1, 0.15) is 0 Å². The van der Waals surface area contributed by atoms with Crippen LogP contribution in [-0.2, 0) is 6.42 Å². The molecule has 0 radical (unpaired) electrons. The van der Waals surface area contributed by atoms with Crippen LogP contribution in [0.2, 0.25) is 0 Å². The van der Waals surface area contributed by atoms with Crippen LogP contribution in [0.1, 0.15) is 24.0 Å².